The van der Waals surface area contributed by atoms with Crippen LogP contribution in [0.1, 0.15) is 15.9 Å². The number of benzene rings is 2. The van der Waals surface area contributed by atoms with E-state index in [0.717, 1.165) is 0 Å². The number of anilines is 2. The van der Waals surface area contributed by atoms with E-state index in [0.29, 0.717) is 15.7 Å². The summed E-state index contributed by atoms with van der Waals surface area (Å²) in [6.07, 6.45) is 0. The monoisotopic (exact) mass is 348 g/mol. The summed E-state index contributed by atoms with van der Waals surface area (Å²) in [5.74, 6) is 4.09. The molecular weight excluding hydrogens is 339 g/mol. The van der Waals surface area contributed by atoms with Crippen LogP contribution in [-0.4, -0.2) is 5.91 Å². The third kappa shape index (κ3) is 3.18. The number of nitrogens with zero attached hydrogens (tertiary/aromatic N) is 1. The zero-order valence-electron chi connectivity index (χ0n) is 10.7. The summed E-state index contributed by atoms with van der Waals surface area (Å²) in [5, 5.41) is 11.4. The fraction of sp³-hybridized carbons (Fsp3) is 0. The lowest BCUT2D eigenvalue weighted by atomic mass is 10.1. The average Bonchev–Trinajstić information content (AvgIpc) is 2.48. The lowest BCUT2D eigenvalue weighted by molar-refractivity contribution is 0.102. The third-order valence-corrected chi connectivity index (χ3v) is 3.41. The summed E-state index contributed by atoms with van der Waals surface area (Å²) in [6.45, 7) is 0. The fourth-order valence-corrected chi connectivity index (χ4v) is 2.21. The maximum absolute atomic E-state index is 13.6. The number of halogens is 2. The number of hydrazine groups is 1. The van der Waals surface area contributed by atoms with Gasteiger partial charge in [-0.15, -0.1) is 0 Å². The van der Waals surface area contributed by atoms with Gasteiger partial charge in [0.25, 0.3) is 5.91 Å². The fourth-order valence-electron chi connectivity index (χ4n) is 1.74. The molecule has 0 aliphatic heterocycles. The molecule has 0 aromatic heterocycles. The van der Waals surface area contributed by atoms with Crippen LogP contribution in [0, 0.1) is 17.1 Å². The van der Waals surface area contributed by atoms with E-state index in [4.69, 9.17) is 11.1 Å². The smallest absolute Gasteiger partial charge is 0.257 e. The summed E-state index contributed by atoms with van der Waals surface area (Å²) in [5.41, 5.74) is 3.08. The van der Waals surface area contributed by atoms with Crippen LogP contribution >= 0.6 is 15.9 Å². The van der Waals surface area contributed by atoms with E-state index in [1.165, 1.54) is 18.2 Å². The maximum Gasteiger partial charge on any atom is 0.257 e. The van der Waals surface area contributed by atoms with Crippen LogP contribution in [0.2, 0.25) is 0 Å². The number of carbonyl (C=O) groups is 1. The SMILES string of the molecule is N#Cc1ccc(NC(=O)c2cccc(F)c2NN)c(Br)c1. The van der Waals surface area contributed by atoms with Crippen LogP contribution in [0.15, 0.2) is 40.9 Å². The number of nitriles is 1. The molecular formula is C14H10BrFN4O. The molecule has 2 aromatic carbocycles. The van der Waals surface area contributed by atoms with E-state index in [1.807, 2.05) is 6.07 Å². The highest BCUT2D eigenvalue weighted by molar-refractivity contribution is 9.10. The van der Waals surface area contributed by atoms with Crippen LogP contribution in [0.4, 0.5) is 15.8 Å². The molecule has 0 aliphatic rings. The number of amides is 1. The number of hydrogen-bond acceptors (Lipinski definition) is 4. The van der Waals surface area contributed by atoms with Gasteiger partial charge in [-0.3, -0.25) is 10.6 Å². The molecule has 1 amide bonds. The first-order valence-corrected chi connectivity index (χ1v) is 6.62. The minimum atomic E-state index is -0.621. The van der Waals surface area contributed by atoms with Gasteiger partial charge in [-0.2, -0.15) is 5.26 Å². The van der Waals surface area contributed by atoms with Gasteiger partial charge in [0.1, 0.15) is 5.82 Å². The van der Waals surface area contributed by atoms with Crippen LogP contribution in [-0.2, 0) is 0 Å². The van der Waals surface area contributed by atoms with Crippen molar-refractivity contribution in [3.05, 3.63) is 57.8 Å². The van der Waals surface area contributed by atoms with Gasteiger partial charge in [-0.25, -0.2) is 4.39 Å². The molecule has 0 atom stereocenters. The van der Waals surface area contributed by atoms with Gasteiger partial charge in [-0.1, -0.05) is 6.07 Å². The van der Waals surface area contributed by atoms with Crippen LogP contribution < -0.4 is 16.6 Å². The molecule has 0 unspecified atom stereocenters. The molecule has 7 heteroatoms. The van der Waals surface area contributed by atoms with Crippen LogP contribution in [0.5, 0.6) is 0 Å². The van der Waals surface area contributed by atoms with Crippen molar-refractivity contribution in [2.45, 2.75) is 0 Å². The van der Waals surface area contributed by atoms with E-state index in [9.17, 15) is 9.18 Å². The average molecular weight is 349 g/mol. The summed E-state index contributed by atoms with van der Waals surface area (Å²) in [6, 6.07) is 10.8. The van der Waals surface area contributed by atoms with Crippen molar-refractivity contribution in [1.82, 2.24) is 0 Å². The van der Waals surface area contributed by atoms with Gasteiger partial charge in [0.2, 0.25) is 0 Å². The van der Waals surface area contributed by atoms with E-state index in [2.05, 4.69) is 26.7 Å². The van der Waals surface area contributed by atoms with E-state index in [-0.39, 0.29) is 11.3 Å². The Morgan fingerprint density at radius 3 is 2.71 bits per heavy atom. The molecule has 0 spiro atoms. The van der Waals surface area contributed by atoms with Gasteiger partial charge in [-0.05, 0) is 46.3 Å². The molecule has 2 aromatic rings. The highest BCUT2D eigenvalue weighted by Gasteiger charge is 2.15. The first-order valence-electron chi connectivity index (χ1n) is 5.83. The second-order valence-corrected chi connectivity index (χ2v) is 4.92. The predicted molar refractivity (Wildman–Crippen MR) is 81.0 cm³/mol. The number of carbonyl (C=O) groups excluding carboxylic acids is 1. The molecule has 0 saturated heterocycles. The first kappa shape index (κ1) is 15.0. The zero-order valence-corrected chi connectivity index (χ0v) is 12.2. The Hall–Kier alpha value is -2.43. The highest BCUT2D eigenvalue weighted by Crippen LogP contribution is 2.25. The zero-order chi connectivity index (χ0) is 15.4. The summed E-state index contributed by atoms with van der Waals surface area (Å²) >= 11 is 3.26. The number of para-hydroxylation sites is 1. The molecule has 0 radical (unpaired) electrons. The van der Waals surface area contributed by atoms with Gasteiger partial charge in [0.05, 0.1) is 28.6 Å². The van der Waals surface area contributed by atoms with Gasteiger partial charge < -0.3 is 10.7 Å². The normalized spacial score (nSPS) is 9.81. The Labute approximate surface area is 128 Å². The lowest BCUT2D eigenvalue weighted by Gasteiger charge is -2.11. The Balaban J connectivity index is 2.31. The second kappa shape index (κ2) is 6.35. The number of rotatable bonds is 3. The Morgan fingerprint density at radius 2 is 2.10 bits per heavy atom. The van der Waals surface area contributed by atoms with Crippen LogP contribution in [0.25, 0.3) is 0 Å². The second-order valence-electron chi connectivity index (χ2n) is 4.07. The summed E-state index contributed by atoms with van der Waals surface area (Å²) in [4.78, 5) is 12.2. The molecule has 106 valence electrons. The standard InChI is InChI=1S/C14H10BrFN4O/c15-10-6-8(7-17)4-5-12(10)19-14(21)9-2-1-3-11(16)13(9)20-18/h1-6,20H,18H2,(H,19,21). The molecule has 0 fully saturated rings. The Morgan fingerprint density at radius 1 is 1.33 bits per heavy atom. The maximum atomic E-state index is 13.6. The number of hydrogen-bond donors (Lipinski definition) is 3. The molecule has 21 heavy (non-hydrogen) atoms. The van der Waals surface area contributed by atoms with Crippen molar-refractivity contribution in [3.63, 3.8) is 0 Å². The quantitative estimate of drug-likeness (QED) is 0.587. The predicted octanol–water partition coefficient (Wildman–Crippen LogP) is 3.00. The minimum absolute atomic E-state index is 0.0776. The lowest BCUT2D eigenvalue weighted by Crippen LogP contribution is -2.18. The third-order valence-electron chi connectivity index (χ3n) is 2.75. The van der Waals surface area contributed by atoms with Crippen molar-refractivity contribution in [3.8, 4) is 6.07 Å². The largest absolute Gasteiger partial charge is 0.321 e. The summed E-state index contributed by atoms with van der Waals surface area (Å²) in [7, 11) is 0. The van der Waals surface area contributed by atoms with E-state index in [1.54, 1.807) is 18.2 Å². The molecule has 4 N–H and O–H groups in total. The number of nitrogens with two attached hydrogens (primary N) is 1. The summed E-state index contributed by atoms with van der Waals surface area (Å²) < 4.78 is 14.1. The van der Waals surface area contributed by atoms with Gasteiger partial charge >= 0.3 is 0 Å². The molecule has 5 nitrogen and oxygen atoms in total. The Bertz CT molecular complexity index is 742. The van der Waals surface area contributed by atoms with Crippen LogP contribution in [0.3, 0.4) is 0 Å². The molecule has 0 heterocycles. The molecule has 0 saturated carbocycles. The van der Waals surface area contributed by atoms with Crippen molar-refractivity contribution in [1.29, 1.82) is 5.26 Å². The number of nitrogens with one attached hydrogen (secondary N) is 2. The molecule has 2 rings (SSSR count). The first-order chi connectivity index (χ1) is 10.1. The Kier molecular flexibility index (Phi) is 4.52. The van der Waals surface area contributed by atoms with Crippen molar-refractivity contribution < 1.29 is 9.18 Å². The topological polar surface area (TPSA) is 90.9 Å². The van der Waals surface area contributed by atoms with Crippen molar-refractivity contribution >= 4 is 33.2 Å². The molecule has 0 aliphatic carbocycles. The van der Waals surface area contributed by atoms with Gasteiger partial charge in [0.15, 0.2) is 0 Å². The minimum Gasteiger partial charge on any atom is -0.321 e. The highest BCUT2D eigenvalue weighted by atomic mass is 79.9. The van der Waals surface area contributed by atoms with E-state index < -0.39 is 11.7 Å². The van der Waals surface area contributed by atoms with Crippen molar-refractivity contribution in [2.75, 3.05) is 10.7 Å². The van der Waals surface area contributed by atoms with Crippen molar-refractivity contribution in [2.24, 2.45) is 5.84 Å². The number of nitrogen functional groups attached to an aromatic ring is 1. The molecule has 0 bridgehead atoms. The van der Waals surface area contributed by atoms with E-state index >= 15 is 0 Å². The van der Waals surface area contributed by atoms with Gasteiger partial charge in [0, 0.05) is 4.47 Å².